The van der Waals surface area contributed by atoms with E-state index in [-0.39, 0.29) is 18.1 Å². The van der Waals surface area contributed by atoms with Gasteiger partial charge < -0.3 is 14.9 Å². The number of anilines is 1. The summed E-state index contributed by atoms with van der Waals surface area (Å²) >= 11 is 0. The average molecular weight is 248 g/mol. The average Bonchev–Trinajstić information content (AvgIpc) is 2.71. The van der Waals surface area contributed by atoms with Gasteiger partial charge in [-0.25, -0.2) is 0 Å². The normalized spacial score (nSPS) is 13.8. The molecule has 0 saturated heterocycles. The van der Waals surface area contributed by atoms with Gasteiger partial charge in [-0.2, -0.15) is 0 Å². The van der Waals surface area contributed by atoms with Crippen molar-refractivity contribution in [2.75, 3.05) is 11.9 Å². The number of nitrogens with zero attached hydrogens (tertiary/aromatic N) is 1. The van der Waals surface area contributed by atoms with Gasteiger partial charge in [0.15, 0.2) is 11.4 Å². The lowest BCUT2D eigenvalue weighted by Crippen LogP contribution is -2.35. The highest BCUT2D eigenvalue weighted by atomic mass is 16.5. The summed E-state index contributed by atoms with van der Waals surface area (Å²) in [6.07, 6.45) is 0.685. The molecule has 0 aliphatic rings. The fraction of sp³-hybridized carbons (Fsp3) is 0.500. The maximum absolute atomic E-state index is 9.16. The van der Waals surface area contributed by atoms with Crippen LogP contribution in [0.2, 0.25) is 0 Å². The van der Waals surface area contributed by atoms with Crippen LogP contribution in [0.5, 0.6) is 0 Å². The lowest BCUT2D eigenvalue weighted by molar-refractivity contribution is 0.234. The zero-order valence-electron chi connectivity index (χ0n) is 11.1. The van der Waals surface area contributed by atoms with Crippen molar-refractivity contribution >= 4 is 16.8 Å². The number of nitrogens with one attached hydrogen (secondary N) is 1. The predicted molar refractivity (Wildman–Crippen MR) is 72.6 cm³/mol. The highest BCUT2D eigenvalue weighted by molar-refractivity contribution is 5.87. The Kier molecular flexibility index (Phi) is 3.57. The highest BCUT2D eigenvalue weighted by Crippen LogP contribution is 2.28. The SMILES string of the molecule is CC(C)(C)C(CCO)Nc1noc2ccccc12. The molecule has 4 nitrogen and oxygen atoms in total. The second-order valence-electron chi connectivity index (χ2n) is 5.60. The van der Waals surface area contributed by atoms with E-state index < -0.39 is 0 Å². The minimum absolute atomic E-state index is 0.0444. The van der Waals surface area contributed by atoms with Crippen molar-refractivity contribution < 1.29 is 9.63 Å². The molecule has 98 valence electrons. The maximum Gasteiger partial charge on any atom is 0.177 e. The van der Waals surface area contributed by atoms with E-state index in [9.17, 15) is 0 Å². The van der Waals surface area contributed by atoms with Crippen LogP contribution in [0.3, 0.4) is 0 Å². The lowest BCUT2D eigenvalue weighted by atomic mass is 9.85. The largest absolute Gasteiger partial charge is 0.396 e. The Balaban J connectivity index is 2.26. The Morgan fingerprint density at radius 1 is 1.33 bits per heavy atom. The van der Waals surface area contributed by atoms with Gasteiger partial charge in [-0.05, 0) is 24.0 Å². The van der Waals surface area contributed by atoms with Gasteiger partial charge in [-0.3, -0.25) is 0 Å². The van der Waals surface area contributed by atoms with Crippen molar-refractivity contribution in [3.8, 4) is 0 Å². The molecule has 2 aromatic rings. The lowest BCUT2D eigenvalue weighted by Gasteiger charge is -2.31. The summed E-state index contributed by atoms with van der Waals surface area (Å²) in [7, 11) is 0. The van der Waals surface area contributed by atoms with E-state index in [1.807, 2.05) is 24.3 Å². The summed E-state index contributed by atoms with van der Waals surface area (Å²) in [5, 5.41) is 17.6. The van der Waals surface area contributed by atoms with Crippen molar-refractivity contribution in [1.82, 2.24) is 5.16 Å². The van der Waals surface area contributed by atoms with Gasteiger partial charge in [0.1, 0.15) is 0 Å². The number of rotatable bonds is 4. The smallest absolute Gasteiger partial charge is 0.177 e. The van der Waals surface area contributed by atoms with Crippen molar-refractivity contribution in [2.24, 2.45) is 5.41 Å². The van der Waals surface area contributed by atoms with Crippen LogP contribution in [0.1, 0.15) is 27.2 Å². The number of aliphatic hydroxyl groups is 1. The second-order valence-corrected chi connectivity index (χ2v) is 5.60. The van der Waals surface area contributed by atoms with Crippen LogP contribution < -0.4 is 5.32 Å². The van der Waals surface area contributed by atoms with E-state index in [4.69, 9.17) is 9.63 Å². The predicted octanol–water partition coefficient (Wildman–Crippen LogP) is 3.04. The Hall–Kier alpha value is -1.55. The Morgan fingerprint density at radius 2 is 2.06 bits per heavy atom. The molecule has 0 radical (unpaired) electrons. The van der Waals surface area contributed by atoms with E-state index in [0.717, 1.165) is 16.8 Å². The molecule has 0 bridgehead atoms. The van der Waals surface area contributed by atoms with Crippen molar-refractivity contribution in [3.05, 3.63) is 24.3 Å². The molecule has 0 fully saturated rings. The molecule has 0 amide bonds. The highest BCUT2D eigenvalue weighted by Gasteiger charge is 2.25. The van der Waals surface area contributed by atoms with Crippen LogP contribution >= 0.6 is 0 Å². The van der Waals surface area contributed by atoms with E-state index in [0.29, 0.717) is 6.42 Å². The third-order valence-electron chi connectivity index (χ3n) is 3.15. The molecular weight excluding hydrogens is 228 g/mol. The molecule has 0 aliphatic carbocycles. The molecule has 0 saturated carbocycles. The molecule has 1 unspecified atom stereocenters. The fourth-order valence-corrected chi connectivity index (χ4v) is 2.01. The molecule has 4 heteroatoms. The monoisotopic (exact) mass is 248 g/mol. The summed E-state index contributed by atoms with van der Waals surface area (Å²) in [6.45, 7) is 6.58. The number of para-hydroxylation sites is 1. The van der Waals surface area contributed by atoms with Gasteiger partial charge in [0.25, 0.3) is 0 Å². The summed E-state index contributed by atoms with van der Waals surface area (Å²) in [4.78, 5) is 0. The van der Waals surface area contributed by atoms with Gasteiger partial charge in [0.2, 0.25) is 0 Å². The summed E-state index contributed by atoms with van der Waals surface area (Å²) < 4.78 is 5.27. The molecular formula is C14H20N2O2. The van der Waals surface area contributed by atoms with Gasteiger partial charge in [0.05, 0.1) is 5.39 Å². The number of benzene rings is 1. The number of hydrogen-bond donors (Lipinski definition) is 2. The number of fused-ring (bicyclic) bond motifs is 1. The number of aliphatic hydroxyl groups excluding tert-OH is 1. The molecule has 1 atom stereocenters. The third kappa shape index (κ3) is 2.64. The van der Waals surface area contributed by atoms with Gasteiger partial charge >= 0.3 is 0 Å². The fourth-order valence-electron chi connectivity index (χ4n) is 2.01. The first-order chi connectivity index (χ1) is 8.52. The topological polar surface area (TPSA) is 58.3 Å². The molecule has 1 aromatic heterocycles. The first-order valence-corrected chi connectivity index (χ1v) is 6.24. The summed E-state index contributed by atoms with van der Waals surface area (Å²) in [5.74, 6) is 0.749. The Labute approximate surface area is 107 Å². The first-order valence-electron chi connectivity index (χ1n) is 6.24. The van der Waals surface area contributed by atoms with Gasteiger partial charge in [0, 0.05) is 12.6 Å². The van der Waals surface area contributed by atoms with Crippen LogP contribution in [-0.4, -0.2) is 22.9 Å². The van der Waals surface area contributed by atoms with E-state index in [1.54, 1.807) is 0 Å². The molecule has 1 aromatic carbocycles. The van der Waals surface area contributed by atoms with Crippen LogP contribution in [0.4, 0.5) is 5.82 Å². The Bertz CT molecular complexity index is 514. The van der Waals surface area contributed by atoms with E-state index in [1.165, 1.54) is 0 Å². The zero-order chi connectivity index (χ0) is 13.2. The third-order valence-corrected chi connectivity index (χ3v) is 3.15. The molecule has 18 heavy (non-hydrogen) atoms. The second kappa shape index (κ2) is 4.98. The number of hydrogen-bond acceptors (Lipinski definition) is 4. The van der Waals surface area contributed by atoms with Crippen LogP contribution in [-0.2, 0) is 0 Å². The van der Waals surface area contributed by atoms with Crippen molar-refractivity contribution in [2.45, 2.75) is 33.2 Å². The molecule has 2 rings (SSSR count). The van der Waals surface area contributed by atoms with Crippen molar-refractivity contribution in [3.63, 3.8) is 0 Å². The zero-order valence-corrected chi connectivity index (χ0v) is 11.1. The standard InChI is InChI=1S/C14H20N2O2/c1-14(2,3)12(8-9-17)15-13-10-6-4-5-7-11(10)18-16-13/h4-7,12,17H,8-9H2,1-3H3,(H,15,16). The Morgan fingerprint density at radius 3 is 2.72 bits per heavy atom. The molecule has 0 spiro atoms. The van der Waals surface area contributed by atoms with Gasteiger partial charge in [-0.15, -0.1) is 0 Å². The summed E-state index contributed by atoms with van der Waals surface area (Å²) in [6, 6.07) is 7.91. The van der Waals surface area contributed by atoms with Crippen LogP contribution in [0.25, 0.3) is 11.0 Å². The molecule has 2 N–H and O–H groups in total. The molecule has 0 aliphatic heterocycles. The van der Waals surface area contributed by atoms with Crippen molar-refractivity contribution in [1.29, 1.82) is 0 Å². The maximum atomic E-state index is 9.16. The minimum Gasteiger partial charge on any atom is -0.396 e. The quantitative estimate of drug-likeness (QED) is 0.873. The summed E-state index contributed by atoms with van der Waals surface area (Å²) in [5.41, 5.74) is 0.819. The van der Waals surface area contributed by atoms with E-state index >= 15 is 0 Å². The first kappa shape index (κ1) is 12.9. The van der Waals surface area contributed by atoms with Crippen LogP contribution in [0.15, 0.2) is 28.8 Å². The molecule has 1 heterocycles. The number of aromatic nitrogens is 1. The minimum atomic E-state index is 0.0444. The van der Waals surface area contributed by atoms with Gasteiger partial charge in [-0.1, -0.05) is 38.1 Å². The van der Waals surface area contributed by atoms with Crippen LogP contribution in [0, 0.1) is 5.41 Å². The van der Waals surface area contributed by atoms with E-state index in [2.05, 4.69) is 31.2 Å².